The van der Waals surface area contributed by atoms with Crippen molar-refractivity contribution in [2.24, 2.45) is 0 Å². The number of methoxy groups -OCH3 is 1. The molecule has 1 atom stereocenters. The largest absolute Gasteiger partial charge is 0.459 e. The van der Waals surface area contributed by atoms with Crippen LogP contribution in [0.15, 0.2) is 24.3 Å². The van der Waals surface area contributed by atoms with Gasteiger partial charge in [0.05, 0.1) is 7.11 Å². The molecule has 1 rings (SSSR count). The minimum atomic E-state index is -1.98. The van der Waals surface area contributed by atoms with E-state index in [0.717, 1.165) is 0 Å². The van der Waals surface area contributed by atoms with E-state index in [4.69, 9.17) is 4.43 Å². The van der Waals surface area contributed by atoms with Crippen LogP contribution in [0, 0.1) is 15.4 Å². The highest BCUT2D eigenvalue weighted by Crippen LogP contribution is 2.37. The summed E-state index contributed by atoms with van der Waals surface area (Å²) in [7, 11) is -0.644. The van der Waals surface area contributed by atoms with Gasteiger partial charge in [0.15, 0.2) is 8.32 Å². The average Bonchev–Trinajstić information content (AvgIpc) is 2.45. The molecule has 0 radical (unpaired) electrons. The number of ether oxygens (including phenoxy) is 1. The molecule has 0 aliphatic rings. The van der Waals surface area contributed by atoms with Gasteiger partial charge in [-0.25, -0.2) is 4.79 Å². The van der Waals surface area contributed by atoms with Crippen molar-refractivity contribution in [3.05, 3.63) is 33.4 Å². The summed E-state index contributed by atoms with van der Waals surface area (Å²) in [6.07, 6.45) is 0.348. The topological polar surface area (TPSA) is 35.5 Å². The average molecular weight is 444 g/mol. The summed E-state index contributed by atoms with van der Waals surface area (Å²) in [5.41, 5.74) is 1.18. The molecule has 0 aliphatic heterocycles. The quantitative estimate of drug-likeness (QED) is 0.227. The number of esters is 1. The molecule has 1 unspecified atom stereocenters. The normalized spacial score (nSPS) is 13.0. The molecule has 5 heteroatoms. The Bertz CT molecular complexity index is 609. The van der Waals surface area contributed by atoms with Crippen molar-refractivity contribution >= 4 is 36.9 Å². The van der Waals surface area contributed by atoms with Gasteiger partial charge in [-0.15, -0.1) is 0 Å². The van der Waals surface area contributed by atoms with Crippen LogP contribution in [0.5, 0.6) is 0 Å². The van der Waals surface area contributed by atoms with E-state index in [2.05, 4.69) is 85.2 Å². The molecule has 0 amide bonds. The lowest BCUT2D eigenvalue weighted by Crippen LogP contribution is -2.44. The first-order chi connectivity index (χ1) is 10.6. The first-order valence-corrected chi connectivity index (χ1v) is 11.6. The van der Waals surface area contributed by atoms with Crippen LogP contribution in [0.3, 0.4) is 0 Å². The minimum Gasteiger partial charge on any atom is -0.459 e. The molecule has 3 nitrogen and oxygen atoms in total. The van der Waals surface area contributed by atoms with E-state index >= 15 is 0 Å². The zero-order valence-corrected chi connectivity index (χ0v) is 17.9. The molecule has 1 aromatic carbocycles. The number of carbonyl (C=O) groups excluding carboxylic acids is 1. The zero-order chi connectivity index (χ0) is 17.7. The second-order valence-electron chi connectivity index (χ2n) is 6.92. The van der Waals surface area contributed by atoms with Crippen molar-refractivity contribution in [2.75, 3.05) is 7.11 Å². The zero-order valence-electron chi connectivity index (χ0n) is 14.7. The first-order valence-electron chi connectivity index (χ1n) is 7.57. The van der Waals surface area contributed by atoms with Crippen molar-refractivity contribution in [3.8, 4) is 11.8 Å². The number of halogens is 1. The van der Waals surface area contributed by atoms with Crippen LogP contribution in [-0.4, -0.2) is 27.5 Å². The van der Waals surface area contributed by atoms with Crippen molar-refractivity contribution in [3.63, 3.8) is 0 Å². The molecule has 0 saturated heterocycles. The summed E-state index contributed by atoms with van der Waals surface area (Å²) in [5, 5.41) is 0.0854. The third kappa shape index (κ3) is 6.28. The fraction of sp³-hybridized carbons (Fsp3) is 0.500. The van der Waals surface area contributed by atoms with Crippen molar-refractivity contribution < 1.29 is 14.0 Å². The van der Waals surface area contributed by atoms with Gasteiger partial charge in [-0.3, -0.25) is 0 Å². The lowest BCUT2D eigenvalue weighted by atomic mass is 10.1. The minimum absolute atomic E-state index is 0.0854. The Morgan fingerprint density at radius 2 is 1.91 bits per heavy atom. The van der Waals surface area contributed by atoms with Crippen LogP contribution < -0.4 is 0 Å². The van der Waals surface area contributed by atoms with Gasteiger partial charge in [0.2, 0.25) is 0 Å². The fourth-order valence-electron chi connectivity index (χ4n) is 1.71. The van der Waals surface area contributed by atoms with Crippen LogP contribution in [0.25, 0.3) is 0 Å². The maximum absolute atomic E-state index is 11.4. The molecule has 0 aliphatic carbocycles. The van der Waals surface area contributed by atoms with Gasteiger partial charge in [-0.2, -0.15) is 0 Å². The molecule has 126 valence electrons. The molecule has 0 aromatic heterocycles. The van der Waals surface area contributed by atoms with E-state index in [1.807, 2.05) is 12.1 Å². The molecule has 0 fully saturated rings. The highest BCUT2D eigenvalue weighted by Gasteiger charge is 2.39. The Hall–Kier alpha value is -0.843. The molecular weight excluding hydrogens is 419 g/mol. The molecule has 23 heavy (non-hydrogen) atoms. The lowest BCUT2D eigenvalue weighted by Gasteiger charge is -2.38. The molecule has 0 N–H and O–H groups in total. The van der Waals surface area contributed by atoms with Crippen molar-refractivity contribution in [1.82, 2.24) is 0 Å². The Balaban J connectivity index is 3.05. The highest BCUT2D eigenvalue weighted by atomic mass is 127. The summed E-state index contributed by atoms with van der Waals surface area (Å²) in [6, 6.07) is 8.15. The Morgan fingerprint density at radius 1 is 1.30 bits per heavy atom. The number of hydrogen-bond acceptors (Lipinski definition) is 3. The van der Waals surface area contributed by atoms with Gasteiger partial charge in [0.1, 0.15) is 6.10 Å². The van der Waals surface area contributed by atoms with E-state index in [0.29, 0.717) is 6.42 Å². The van der Waals surface area contributed by atoms with Crippen molar-refractivity contribution in [1.29, 1.82) is 0 Å². The monoisotopic (exact) mass is 444 g/mol. The fourth-order valence-corrected chi connectivity index (χ4v) is 3.52. The standard InChI is InChI=1S/C18H25IO3Si/c1-18(2,3)23(5,6)22-15(11-12-17(20)21-4)13-14-9-7-8-10-16(14)19/h7-10,15H,13H2,1-6H3. The second-order valence-corrected chi connectivity index (χ2v) is 12.8. The summed E-state index contributed by atoms with van der Waals surface area (Å²) in [4.78, 5) is 11.4. The SMILES string of the molecule is COC(=O)C#CC(Cc1ccccc1I)O[Si](C)(C)C(C)(C)C. The summed E-state index contributed by atoms with van der Waals surface area (Å²) >= 11 is 2.31. The third-order valence-corrected chi connectivity index (χ3v) is 9.67. The van der Waals surface area contributed by atoms with Gasteiger partial charge < -0.3 is 9.16 Å². The van der Waals surface area contributed by atoms with E-state index in [9.17, 15) is 4.79 Å². The molecule has 1 aromatic rings. The Morgan fingerprint density at radius 3 is 2.43 bits per heavy atom. The summed E-state index contributed by atoms with van der Waals surface area (Å²) in [6.45, 7) is 11.0. The molecule has 0 heterocycles. The smallest absolute Gasteiger partial charge is 0.384 e. The van der Waals surface area contributed by atoms with Crippen LogP contribution in [0.1, 0.15) is 26.3 Å². The Labute approximate surface area is 154 Å². The van der Waals surface area contributed by atoms with Crippen LogP contribution >= 0.6 is 22.6 Å². The Kier molecular flexibility index (Phi) is 7.30. The number of carbonyl (C=O) groups is 1. The molecule has 0 bridgehead atoms. The van der Waals surface area contributed by atoms with Crippen molar-refractivity contribution in [2.45, 2.75) is 51.4 Å². The number of rotatable bonds is 4. The van der Waals surface area contributed by atoms with Crippen LogP contribution in [0.4, 0.5) is 0 Å². The van der Waals surface area contributed by atoms with Gasteiger partial charge in [0.25, 0.3) is 0 Å². The molecule has 0 saturated carbocycles. The first kappa shape index (κ1) is 20.2. The second kappa shape index (κ2) is 8.31. The predicted molar refractivity (Wildman–Crippen MR) is 105 cm³/mol. The molecule has 0 spiro atoms. The van der Waals surface area contributed by atoms with E-state index in [1.165, 1.54) is 16.2 Å². The lowest BCUT2D eigenvalue weighted by molar-refractivity contribution is -0.133. The summed E-state index contributed by atoms with van der Waals surface area (Å²) in [5.74, 6) is 4.96. The van der Waals surface area contributed by atoms with E-state index < -0.39 is 14.3 Å². The third-order valence-electron chi connectivity index (χ3n) is 4.13. The maximum atomic E-state index is 11.4. The van der Waals surface area contributed by atoms with Gasteiger partial charge in [-0.05, 0) is 52.4 Å². The number of hydrogen-bond donors (Lipinski definition) is 0. The highest BCUT2D eigenvalue weighted by molar-refractivity contribution is 14.1. The van der Waals surface area contributed by atoms with Crippen LogP contribution in [-0.2, 0) is 20.4 Å². The van der Waals surface area contributed by atoms with Crippen LogP contribution in [0.2, 0.25) is 18.1 Å². The van der Waals surface area contributed by atoms with E-state index in [-0.39, 0.29) is 11.1 Å². The van der Waals surface area contributed by atoms with E-state index in [1.54, 1.807) is 0 Å². The van der Waals surface area contributed by atoms with Gasteiger partial charge in [-0.1, -0.05) is 44.9 Å². The number of benzene rings is 1. The van der Waals surface area contributed by atoms with Gasteiger partial charge >= 0.3 is 5.97 Å². The predicted octanol–water partition coefficient (Wildman–Crippen LogP) is 4.40. The molecular formula is C18H25IO3Si. The van der Waals surface area contributed by atoms with Gasteiger partial charge in [0, 0.05) is 15.9 Å². The summed E-state index contributed by atoms with van der Waals surface area (Å²) < 4.78 is 12.2. The maximum Gasteiger partial charge on any atom is 0.384 e.